The molecule has 6 aromatic rings. The van der Waals surface area contributed by atoms with Gasteiger partial charge in [-0.3, -0.25) is 19.6 Å². The number of halogens is 4. The molecule has 8 heteroatoms. The predicted molar refractivity (Wildman–Crippen MR) is 166 cm³/mol. The third kappa shape index (κ3) is 6.10. The molecular formula is C38H24F4N2O2. The Morgan fingerprint density at radius 2 is 0.848 bits per heavy atom. The number of hydrogen-bond acceptors (Lipinski definition) is 4. The van der Waals surface area contributed by atoms with E-state index in [1.807, 2.05) is 0 Å². The molecule has 0 spiro atoms. The van der Waals surface area contributed by atoms with Crippen LogP contribution in [-0.4, -0.2) is 21.5 Å². The summed E-state index contributed by atoms with van der Waals surface area (Å²) in [5, 5.41) is 0. The van der Waals surface area contributed by atoms with Crippen molar-refractivity contribution in [1.82, 2.24) is 9.97 Å². The van der Waals surface area contributed by atoms with Crippen LogP contribution in [0.25, 0.3) is 22.5 Å². The summed E-state index contributed by atoms with van der Waals surface area (Å²) < 4.78 is 60.5. The molecule has 2 aromatic heterocycles. The highest BCUT2D eigenvalue weighted by molar-refractivity contribution is 6.10. The van der Waals surface area contributed by atoms with E-state index in [9.17, 15) is 18.4 Å². The second kappa shape index (κ2) is 13.1. The summed E-state index contributed by atoms with van der Waals surface area (Å²) in [6.07, 6.45) is 0.735. The van der Waals surface area contributed by atoms with Crippen molar-refractivity contribution >= 4 is 11.6 Å². The van der Waals surface area contributed by atoms with Crippen LogP contribution in [0.3, 0.4) is 0 Å². The number of rotatable bonds is 9. The molecule has 0 saturated carbocycles. The van der Waals surface area contributed by atoms with Gasteiger partial charge >= 0.3 is 0 Å². The lowest BCUT2D eigenvalue weighted by atomic mass is 9.98. The fourth-order valence-electron chi connectivity index (χ4n) is 5.18. The lowest BCUT2D eigenvalue weighted by Gasteiger charge is -2.11. The Labute approximate surface area is 262 Å². The second-order valence-electron chi connectivity index (χ2n) is 10.5. The van der Waals surface area contributed by atoms with Crippen molar-refractivity contribution < 1.29 is 27.2 Å². The molecule has 0 aliphatic heterocycles. The third-order valence-corrected chi connectivity index (χ3v) is 7.51. The van der Waals surface area contributed by atoms with Gasteiger partial charge in [-0.05, 0) is 61.4 Å². The van der Waals surface area contributed by atoms with Crippen molar-refractivity contribution in [3.05, 3.63) is 178 Å². The van der Waals surface area contributed by atoms with Gasteiger partial charge in [-0.25, -0.2) is 17.6 Å². The van der Waals surface area contributed by atoms with Crippen molar-refractivity contribution in [2.24, 2.45) is 0 Å². The molecule has 226 valence electrons. The maximum absolute atomic E-state index is 15.6. The fourth-order valence-corrected chi connectivity index (χ4v) is 5.18. The van der Waals surface area contributed by atoms with Gasteiger partial charge in [0.05, 0.1) is 22.5 Å². The van der Waals surface area contributed by atoms with E-state index in [1.54, 1.807) is 72.8 Å². The largest absolute Gasteiger partial charge is 0.288 e. The zero-order valence-corrected chi connectivity index (χ0v) is 24.2. The number of carbonyl (C=O) groups is 2. The van der Waals surface area contributed by atoms with Crippen LogP contribution < -0.4 is 0 Å². The van der Waals surface area contributed by atoms with Gasteiger partial charge in [0, 0.05) is 33.6 Å². The Bertz CT molecular complexity index is 1930. The highest BCUT2D eigenvalue weighted by Gasteiger charge is 2.24. The minimum atomic E-state index is -1.00. The zero-order valence-electron chi connectivity index (χ0n) is 24.2. The van der Waals surface area contributed by atoms with Crippen LogP contribution in [0.1, 0.15) is 43.2 Å². The Kier molecular flexibility index (Phi) is 8.61. The van der Waals surface area contributed by atoms with E-state index < -0.39 is 46.0 Å². The maximum atomic E-state index is 15.6. The minimum Gasteiger partial charge on any atom is -0.288 e. The molecule has 0 atom stereocenters. The number of aryl methyl sites for hydroxylation is 2. The molecule has 2 heterocycles. The fraction of sp³-hybridized carbons (Fsp3) is 0.0526. The van der Waals surface area contributed by atoms with Gasteiger partial charge in [-0.15, -0.1) is 0 Å². The minimum absolute atomic E-state index is 0.0182. The monoisotopic (exact) mass is 616 g/mol. The summed E-state index contributed by atoms with van der Waals surface area (Å²) >= 11 is 0. The molecule has 6 rings (SSSR count). The molecule has 46 heavy (non-hydrogen) atoms. The Morgan fingerprint density at radius 1 is 0.457 bits per heavy atom. The van der Waals surface area contributed by atoms with Crippen LogP contribution in [0.15, 0.2) is 121 Å². The topological polar surface area (TPSA) is 59.9 Å². The molecule has 0 radical (unpaired) electrons. The summed E-state index contributed by atoms with van der Waals surface area (Å²) in [5.41, 5.74) is 0.580. The number of ketones is 2. The Morgan fingerprint density at radius 3 is 1.24 bits per heavy atom. The highest BCUT2D eigenvalue weighted by atomic mass is 19.1. The molecule has 0 aliphatic carbocycles. The van der Waals surface area contributed by atoms with Gasteiger partial charge in [-0.2, -0.15) is 0 Å². The standard InChI is InChI=1S/C38H24F4N2O2/c39-29-21-19-27(35(41)33(29)37(45)23-9-3-1-4-10-23)31-15-7-13-25(43-31)17-18-26-14-8-16-32(44-26)28-20-22-30(40)34(36(28)42)38(46)24-11-5-2-6-12-24/h1-16,19-22H,17-18H2. The lowest BCUT2D eigenvalue weighted by molar-refractivity contribution is 0.102. The molecule has 0 saturated heterocycles. The first-order chi connectivity index (χ1) is 22.3. The van der Waals surface area contributed by atoms with E-state index >= 15 is 8.78 Å². The molecule has 0 unspecified atom stereocenters. The van der Waals surface area contributed by atoms with E-state index in [-0.39, 0.29) is 33.6 Å². The van der Waals surface area contributed by atoms with Crippen molar-refractivity contribution in [2.45, 2.75) is 12.8 Å². The third-order valence-electron chi connectivity index (χ3n) is 7.51. The summed E-state index contributed by atoms with van der Waals surface area (Å²) in [6, 6.07) is 30.4. The van der Waals surface area contributed by atoms with Gasteiger partial charge in [-0.1, -0.05) is 72.8 Å². The number of benzene rings is 4. The van der Waals surface area contributed by atoms with Crippen LogP contribution >= 0.6 is 0 Å². The molecule has 0 fully saturated rings. The molecular weight excluding hydrogens is 592 g/mol. The van der Waals surface area contributed by atoms with Gasteiger partial charge in [0.2, 0.25) is 0 Å². The molecule has 4 aromatic carbocycles. The van der Waals surface area contributed by atoms with Crippen molar-refractivity contribution in [1.29, 1.82) is 0 Å². The van der Waals surface area contributed by atoms with Gasteiger partial charge < -0.3 is 0 Å². The first-order valence-corrected chi connectivity index (χ1v) is 14.4. The van der Waals surface area contributed by atoms with Gasteiger partial charge in [0.15, 0.2) is 11.6 Å². The smallest absolute Gasteiger partial charge is 0.198 e. The summed E-state index contributed by atoms with van der Waals surface area (Å²) in [7, 11) is 0. The first kappa shape index (κ1) is 30.3. The van der Waals surface area contributed by atoms with Crippen LogP contribution in [-0.2, 0) is 12.8 Å². The lowest BCUT2D eigenvalue weighted by Crippen LogP contribution is -2.09. The zero-order chi connectivity index (χ0) is 32.2. The van der Waals surface area contributed by atoms with Gasteiger partial charge in [0.25, 0.3) is 0 Å². The van der Waals surface area contributed by atoms with Crippen molar-refractivity contribution in [3.8, 4) is 22.5 Å². The molecule has 0 bridgehead atoms. The van der Waals surface area contributed by atoms with E-state index in [0.717, 1.165) is 12.1 Å². The highest BCUT2D eigenvalue weighted by Crippen LogP contribution is 2.29. The number of pyridine rings is 2. The van der Waals surface area contributed by atoms with E-state index in [2.05, 4.69) is 9.97 Å². The number of carbonyl (C=O) groups excluding carboxylic acids is 2. The van der Waals surface area contributed by atoms with Crippen LogP contribution in [0.4, 0.5) is 17.6 Å². The maximum Gasteiger partial charge on any atom is 0.198 e. The van der Waals surface area contributed by atoms with Gasteiger partial charge in [0.1, 0.15) is 23.3 Å². The summed E-state index contributed by atoms with van der Waals surface area (Å²) in [4.78, 5) is 34.9. The normalized spacial score (nSPS) is 11.0. The average molecular weight is 617 g/mol. The number of nitrogens with zero attached hydrogens (tertiary/aromatic N) is 2. The SMILES string of the molecule is O=C(c1ccccc1)c1c(F)ccc(-c2cccc(CCc3cccc(-c4ccc(F)c(C(=O)c5ccccc5)c4F)n3)n2)c1F. The second-order valence-corrected chi connectivity index (χ2v) is 10.5. The van der Waals surface area contributed by atoms with Crippen LogP contribution in [0, 0.1) is 23.3 Å². The van der Waals surface area contributed by atoms with E-state index in [4.69, 9.17) is 0 Å². The molecule has 0 N–H and O–H groups in total. The van der Waals surface area contributed by atoms with E-state index in [0.29, 0.717) is 24.2 Å². The van der Waals surface area contributed by atoms with Crippen LogP contribution in [0.2, 0.25) is 0 Å². The van der Waals surface area contributed by atoms with E-state index in [1.165, 1.54) is 36.4 Å². The van der Waals surface area contributed by atoms with Crippen molar-refractivity contribution in [2.75, 3.05) is 0 Å². The Balaban J connectivity index is 1.24. The summed E-state index contributed by atoms with van der Waals surface area (Å²) in [5.74, 6) is -5.47. The Hall–Kier alpha value is -5.76. The average Bonchev–Trinajstić information content (AvgIpc) is 3.08. The van der Waals surface area contributed by atoms with Crippen molar-refractivity contribution in [3.63, 3.8) is 0 Å². The number of hydrogen-bond donors (Lipinski definition) is 0. The summed E-state index contributed by atoms with van der Waals surface area (Å²) in [6.45, 7) is 0. The first-order valence-electron chi connectivity index (χ1n) is 14.4. The predicted octanol–water partition coefficient (Wildman–Crippen LogP) is 8.61. The quantitative estimate of drug-likeness (QED) is 0.121. The molecule has 0 amide bonds. The molecule has 0 aliphatic rings. The molecule has 4 nitrogen and oxygen atoms in total. The number of aromatic nitrogens is 2. The van der Waals surface area contributed by atoms with Crippen LogP contribution in [0.5, 0.6) is 0 Å².